The molecule has 0 bridgehead atoms. The van der Waals surface area contributed by atoms with Gasteiger partial charge in [0.25, 0.3) is 0 Å². The number of aliphatic carboxylic acids is 1. The monoisotopic (exact) mass is 369 g/mol. The average Bonchev–Trinajstić information content (AvgIpc) is 2.97. The van der Waals surface area contributed by atoms with E-state index in [-0.39, 0.29) is 30.2 Å². The van der Waals surface area contributed by atoms with Crippen LogP contribution in [0.4, 0.5) is 5.82 Å². The maximum Gasteiger partial charge on any atom is 0.308 e. The van der Waals surface area contributed by atoms with Crippen molar-refractivity contribution in [1.82, 2.24) is 10.1 Å². The minimum atomic E-state index is -0.868. The standard InChI is InChI=1S/C16H23N3O5S/c1-9-4-5-12(16(22)23)7-19(9)14(20)8-25-11(3)15(21)17-13-6-10(2)24-18-13/h6,9,11-12H,4-5,7-8H2,1-3H3,(H,22,23)(H,17,18,21). The molecular weight excluding hydrogens is 346 g/mol. The molecule has 1 saturated heterocycles. The minimum Gasteiger partial charge on any atom is -0.481 e. The van der Waals surface area contributed by atoms with Crippen LogP contribution in [-0.4, -0.2) is 56.5 Å². The van der Waals surface area contributed by atoms with E-state index in [0.29, 0.717) is 24.4 Å². The molecule has 1 fully saturated rings. The normalized spacial score (nSPS) is 21.6. The van der Waals surface area contributed by atoms with Gasteiger partial charge in [0, 0.05) is 18.7 Å². The van der Waals surface area contributed by atoms with Gasteiger partial charge in [-0.05, 0) is 33.6 Å². The third-order valence-corrected chi connectivity index (χ3v) is 5.38. The molecule has 138 valence electrons. The summed E-state index contributed by atoms with van der Waals surface area (Å²) in [6.07, 6.45) is 1.26. The molecule has 0 spiro atoms. The van der Waals surface area contributed by atoms with Crippen LogP contribution in [-0.2, 0) is 14.4 Å². The molecule has 3 atom stereocenters. The Morgan fingerprint density at radius 3 is 2.80 bits per heavy atom. The lowest BCUT2D eigenvalue weighted by molar-refractivity contribution is -0.146. The van der Waals surface area contributed by atoms with E-state index in [2.05, 4.69) is 10.5 Å². The van der Waals surface area contributed by atoms with E-state index in [1.165, 1.54) is 11.8 Å². The minimum absolute atomic E-state index is 0.0194. The third kappa shape index (κ3) is 5.22. The van der Waals surface area contributed by atoms with Crippen LogP contribution in [0.1, 0.15) is 32.4 Å². The number of nitrogens with one attached hydrogen (secondary N) is 1. The first-order chi connectivity index (χ1) is 11.8. The number of likely N-dealkylation sites (tertiary alicyclic amines) is 1. The van der Waals surface area contributed by atoms with Gasteiger partial charge in [0.05, 0.1) is 16.9 Å². The molecule has 25 heavy (non-hydrogen) atoms. The molecule has 8 nitrogen and oxygen atoms in total. The summed E-state index contributed by atoms with van der Waals surface area (Å²) in [5.74, 6) is -0.715. The number of carbonyl (C=O) groups is 3. The Labute approximate surface area is 150 Å². The highest BCUT2D eigenvalue weighted by Gasteiger charge is 2.32. The van der Waals surface area contributed by atoms with Gasteiger partial charge in [0.2, 0.25) is 11.8 Å². The summed E-state index contributed by atoms with van der Waals surface area (Å²) in [6.45, 7) is 5.59. The van der Waals surface area contributed by atoms with Crippen LogP contribution in [0, 0.1) is 12.8 Å². The number of amides is 2. The van der Waals surface area contributed by atoms with Gasteiger partial charge in [-0.2, -0.15) is 0 Å². The third-order valence-electron chi connectivity index (χ3n) is 4.26. The summed E-state index contributed by atoms with van der Waals surface area (Å²) in [6, 6.07) is 1.63. The van der Waals surface area contributed by atoms with Crippen LogP contribution >= 0.6 is 11.8 Å². The SMILES string of the molecule is Cc1cc(NC(=O)C(C)SCC(=O)N2CC(C(=O)O)CCC2C)no1. The van der Waals surface area contributed by atoms with Gasteiger partial charge in [0.15, 0.2) is 5.82 Å². The number of rotatable bonds is 6. The first-order valence-corrected chi connectivity index (χ1v) is 9.21. The number of thioether (sulfide) groups is 1. The van der Waals surface area contributed by atoms with E-state index in [1.54, 1.807) is 24.8 Å². The number of piperidine rings is 1. The Morgan fingerprint density at radius 2 is 2.20 bits per heavy atom. The highest BCUT2D eigenvalue weighted by molar-refractivity contribution is 8.01. The van der Waals surface area contributed by atoms with Crippen molar-refractivity contribution < 1.29 is 24.0 Å². The van der Waals surface area contributed by atoms with Crippen LogP contribution < -0.4 is 5.32 Å². The number of carboxylic acid groups (broad SMARTS) is 1. The number of carbonyl (C=O) groups excluding carboxylic acids is 2. The number of aryl methyl sites for hydroxylation is 1. The lowest BCUT2D eigenvalue weighted by Gasteiger charge is -2.36. The topological polar surface area (TPSA) is 113 Å². The fourth-order valence-corrected chi connectivity index (χ4v) is 3.43. The molecule has 0 aliphatic carbocycles. The molecule has 3 unspecified atom stereocenters. The summed E-state index contributed by atoms with van der Waals surface area (Å²) < 4.78 is 4.88. The molecule has 2 heterocycles. The molecule has 0 radical (unpaired) electrons. The van der Waals surface area contributed by atoms with Gasteiger partial charge in [0.1, 0.15) is 5.76 Å². The van der Waals surface area contributed by atoms with E-state index in [0.717, 1.165) is 0 Å². The van der Waals surface area contributed by atoms with Gasteiger partial charge < -0.3 is 19.8 Å². The predicted molar refractivity (Wildman–Crippen MR) is 93.3 cm³/mol. The first-order valence-electron chi connectivity index (χ1n) is 8.16. The number of hydrogen-bond donors (Lipinski definition) is 2. The fourth-order valence-electron chi connectivity index (χ4n) is 2.66. The highest BCUT2D eigenvalue weighted by Crippen LogP contribution is 2.24. The van der Waals surface area contributed by atoms with Crippen molar-refractivity contribution >= 4 is 35.4 Å². The van der Waals surface area contributed by atoms with E-state index >= 15 is 0 Å². The van der Waals surface area contributed by atoms with Crippen molar-refractivity contribution in [1.29, 1.82) is 0 Å². The van der Waals surface area contributed by atoms with E-state index in [4.69, 9.17) is 9.63 Å². The quantitative estimate of drug-likeness (QED) is 0.785. The summed E-state index contributed by atoms with van der Waals surface area (Å²) in [5.41, 5.74) is 0. The second kappa shape index (κ2) is 8.37. The highest BCUT2D eigenvalue weighted by atomic mass is 32.2. The number of hydrogen-bond acceptors (Lipinski definition) is 6. The number of carboxylic acids is 1. The molecule has 2 rings (SSSR count). The molecule has 9 heteroatoms. The van der Waals surface area contributed by atoms with Crippen molar-refractivity contribution in [3.8, 4) is 0 Å². The second-order valence-corrected chi connectivity index (χ2v) is 7.60. The predicted octanol–water partition coefficient (Wildman–Crippen LogP) is 1.75. The van der Waals surface area contributed by atoms with E-state index in [9.17, 15) is 14.4 Å². The number of anilines is 1. The zero-order valence-corrected chi connectivity index (χ0v) is 15.3. The summed E-state index contributed by atoms with van der Waals surface area (Å²) in [7, 11) is 0. The average molecular weight is 369 g/mol. The summed E-state index contributed by atoms with van der Waals surface area (Å²) in [5, 5.41) is 15.0. The Bertz CT molecular complexity index is 647. The van der Waals surface area contributed by atoms with Crippen molar-refractivity contribution in [2.45, 2.75) is 44.9 Å². The smallest absolute Gasteiger partial charge is 0.308 e. The van der Waals surface area contributed by atoms with Crippen LogP contribution in [0.5, 0.6) is 0 Å². The van der Waals surface area contributed by atoms with Crippen molar-refractivity contribution in [2.75, 3.05) is 17.6 Å². The van der Waals surface area contributed by atoms with Crippen LogP contribution in [0.25, 0.3) is 0 Å². The zero-order chi connectivity index (χ0) is 18.6. The summed E-state index contributed by atoms with van der Waals surface area (Å²) >= 11 is 1.21. The first kappa shape index (κ1) is 19.3. The maximum absolute atomic E-state index is 12.4. The van der Waals surface area contributed by atoms with Gasteiger partial charge in [-0.15, -0.1) is 11.8 Å². The lowest BCUT2D eigenvalue weighted by Crippen LogP contribution is -2.48. The molecule has 0 aromatic carbocycles. The molecule has 1 aliphatic heterocycles. The Hall–Kier alpha value is -2.03. The van der Waals surface area contributed by atoms with Crippen molar-refractivity contribution in [3.05, 3.63) is 11.8 Å². The Balaban J connectivity index is 1.83. The van der Waals surface area contributed by atoms with Gasteiger partial charge >= 0.3 is 5.97 Å². The fraction of sp³-hybridized carbons (Fsp3) is 0.625. The lowest BCUT2D eigenvalue weighted by atomic mass is 9.93. The van der Waals surface area contributed by atoms with Gasteiger partial charge in [-0.3, -0.25) is 14.4 Å². The van der Waals surface area contributed by atoms with Crippen LogP contribution in [0.2, 0.25) is 0 Å². The molecule has 0 saturated carbocycles. The zero-order valence-electron chi connectivity index (χ0n) is 14.5. The Kier molecular flexibility index (Phi) is 6.46. The van der Waals surface area contributed by atoms with Gasteiger partial charge in [-0.25, -0.2) is 0 Å². The second-order valence-electron chi connectivity index (χ2n) is 6.27. The van der Waals surface area contributed by atoms with E-state index < -0.39 is 17.1 Å². The molecule has 2 N–H and O–H groups in total. The van der Waals surface area contributed by atoms with Gasteiger partial charge in [-0.1, -0.05) is 5.16 Å². The number of aromatic nitrogens is 1. The van der Waals surface area contributed by atoms with Crippen LogP contribution in [0.15, 0.2) is 10.6 Å². The van der Waals surface area contributed by atoms with E-state index in [1.807, 2.05) is 6.92 Å². The number of nitrogens with zero attached hydrogens (tertiary/aromatic N) is 2. The maximum atomic E-state index is 12.4. The van der Waals surface area contributed by atoms with Crippen molar-refractivity contribution in [2.24, 2.45) is 5.92 Å². The Morgan fingerprint density at radius 1 is 1.48 bits per heavy atom. The largest absolute Gasteiger partial charge is 0.481 e. The molecule has 1 aromatic rings. The van der Waals surface area contributed by atoms with Crippen molar-refractivity contribution in [3.63, 3.8) is 0 Å². The molecular formula is C16H23N3O5S. The molecule has 2 amide bonds. The van der Waals surface area contributed by atoms with Crippen LogP contribution in [0.3, 0.4) is 0 Å². The summed E-state index contributed by atoms with van der Waals surface area (Å²) in [4.78, 5) is 37.3. The molecule has 1 aliphatic rings. The molecule has 1 aromatic heterocycles.